The minimum absolute atomic E-state index is 0.0665. The van der Waals surface area contributed by atoms with Crippen LogP contribution in [0.3, 0.4) is 0 Å². The number of rotatable bonds is 5. The first-order chi connectivity index (χ1) is 12.5. The molecule has 0 saturated heterocycles. The van der Waals surface area contributed by atoms with E-state index in [0.29, 0.717) is 0 Å². The highest BCUT2D eigenvalue weighted by Gasteiger charge is 2.23. The van der Waals surface area contributed by atoms with E-state index in [9.17, 15) is 20.0 Å². The second-order valence-corrected chi connectivity index (χ2v) is 5.56. The number of esters is 1. The van der Waals surface area contributed by atoms with Gasteiger partial charge < -0.3 is 14.6 Å². The summed E-state index contributed by atoms with van der Waals surface area (Å²) in [6.45, 7) is 0.0665. The van der Waals surface area contributed by atoms with Gasteiger partial charge in [0, 0.05) is 6.07 Å². The molecule has 0 atom stereocenters. The zero-order chi connectivity index (χ0) is 18.7. The summed E-state index contributed by atoms with van der Waals surface area (Å²) < 4.78 is 10.1. The van der Waals surface area contributed by atoms with Crippen LogP contribution in [0.4, 0.5) is 5.69 Å². The van der Waals surface area contributed by atoms with Gasteiger partial charge >= 0.3 is 11.7 Å². The molecule has 0 heterocycles. The van der Waals surface area contributed by atoms with Crippen LogP contribution in [0.25, 0.3) is 10.8 Å². The molecule has 0 aromatic heterocycles. The number of nitro groups is 1. The van der Waals surface area contributed by atoms with Crippen LogP contribution in [0.2, 0.25) is 0 Å². The lowest BCUT2D eigenvalue weighted by Gasteiger charge is -2.10. The molecule has 1 N–H and O–H groups in total. The van der Waals surface area contributed by atoms with Crippen LogP contribution in [0.5, 0.6) is 11.5 Å². The maximum absolute atomic E-state index is 11.7. The molecule has 0 bridgehead atoms. The molecule has 7 heteroatoms. The topological polar surface area (TPSA) is 98.9 Å². The van der Waals surface area contributed by atoms with Crippen molar-refractivity contribution in [3.05, 3.63) is 75.8 Å². The Bertz CT molecular complexity index is 998. The molecule has 132 valence electrons. The van der Waals surface area contributed by atoms with E-state index in [4.69, 9.17) is 4.74 Å². The number of hydrogen-bond donors (Lipinski definition) is 1. The Morgan fingerprint density at radius 2 is 1.85 bits per heavy atom. The summed E-state index contributed by atoms with van der Waals surface area (Å²) in [6, 6.07) is 15.5. The molecule has 0 spiro atoms. The summed E-state index contributed by atoms with van der Waals surface area (Å²) in [5, 5.41) is 23.1. The first kappa shape index (κ1) is 17.2. The van der Waals surface area contributed by atoms with Crippen molar-refractivity contribution < 1.29 is 24.3 Å². The molecular weight excluding hydrogens is 338 g/mol. The quantitative estimate of drug-likeness (QED) is 0.425. The minimum atomic E-state index is -0.812. The van der Waals surface area contributed by atoms with Gasteiger partial charge in [0.1, 0.15) is 17.9 Å². The molecule has 3 aromatic rings. The third-order valence-corrected chi connectivity index (χ3v) is 3.89. The van der Waals surface area contributed by atoms with Gasteiger partial charge in [0.15, 0.2) is 5.75 Å². The number of ether oxygens (including phenoxy) is 2. The number of nitrogens with zero attached hydrogens (tertiary/aromatic N) is 1. The van der Waals surface area contributed by atoms with Crippen molar-refractivity contribution in [1.82, 2.24) is 0 Å². The van der Waals surface area contributed by atoms with Crippen molar-refractivity contribution in [2.75, 3.05) is 7.11 Å². The molecular formula is C19H15NO6. The van der Waals surface area contributed by atoms with Gasteiger partial charge in [0.2, 0.25) is 0 Å². The van der Waals surface area contributed by atoms with Crippen molar-refractivity contribution in [3.8, 4) is 11.5 Å². The third kappa shape index (κ3) is 3.41. The molecule has 0 unspecified atom stereocenters. The Labute approximate surface area is 148 Å². The molecule has 0 fully saturated rings. The fraction of sp³-hybridized carbons (Fsp3) is 0.105. The average Bonchev–Trinajstić information content (AvgIpc) is 2.65. The zero-order valence-corrected chi connectivity index (χ0v) is 13.8. The Morgan fingerprint density at radius 1 is 1.12 bits per heavy atom. The fourth-order valence-electron chi connectivity index (χ4n) is 2.58. The number of phenolic OH excluding ortho intramolecular Hbond substituents is 1. The molecule has 7 nitrogen and oxygen atoms in total. The standard InChI is InChI=1S/C19H15NO6/c1-25-19(22)15-9-18(16(20(23)24)10-17(15)21)26-11-12-6-7-13-4-2-3-5-14(13)8-12/h2-10,21H,11H2,1H3. The predicted molar refractivity (Wildman–Crippen MR) is 94.4 cm³/mol. The van der Waals surface area contributed by atoms with Crippen LogP contribution in [-0.4, -0.2) is 23.1 Å². The Kier molecular flexibility index (Phi) is 4.70. The lowest BCUT2D eigenvalue weighted by molar-refractivity contribution is -0.386. The molecule has 3 aromatic carbocycles. The van der Waals surface area contributed by atoms with Crippen LogP contribution in [-0.2, 0) is 11.3 Å². The van der Waals surface area contributed by atoms with E-state index in [0.717, 1.165) is 35.6 Å². The van der Waals surface area contributed by atoms with Crippen molar-refractivity contribution in [2.24, 2.45) is 0 Å². The lowest BCUT2D eigenvalue weighted by Crippen LogP contribution is -2.05. The summed E-state index contributed by atoms with van der Waals surface area (Å²) in [7, 11) is 1.15. The fourth-order valence-corrected chi connectivity index (χ4v) is 2.58. The van der Waals surface area contributed by atoms with Gasteiger partial charge in [-0.05, 0) is 22.4 Å². The van der Waals surface area contributed by atoms with E-state index in [-0.39, 0.29) is 17.9 Å². The van der Waals surface area contributed by atoms with Gasteiger partial charge in [-0.25, -0.2) is 4.79 Å². The maximum atomic E-state index is 11.7. The van der Waals surface area contributed by atoms with Gasteiger partial charge in [0.25, 0.3) is 0 Å². The smallest absolute Gasteiger partial charge is 0.341 e. The number of carbonyl (C=O) groups is 1. The van der Waals surface area contributed by atoms with Gasteiger partial charge in [-0.1, -0.05) is 36.4 Å². The number of carbonyl (C=O) groups excluding carboxylic acids is 1. The minimum Gasteiger partial charge on any atom is -0.507 e. The van der Waals surface area contributed by atoms with Crippen LogP contribution in [0, 0.1) is 10.1 Å². The summed E-state index contributed by atoms with van der Waals surface area (Å²) in [5.41, 5.74) is 0.174. The van der Waals surface area contributed by atoms with Crippen molar-refractivity contribution in [3.63, 3.8) is 0 Å². The van der Waals surface area contributed by atoms with E-state index in [1.807, 2.05) is 42.5 Å². The third-order valence-electron chi connectivity index (χ3n) is 3.89. The molecule has 0 aliphatic carbocycles. The molecule has 0 saturated carbocycles. The Balaban J connectivity index is 1.91. The summed E-state index contributed by atoms with van der Waals surface area (Å²) in [5.74, 6) is -1.48. The highest BCUT2D eigenvalue weighted by atomic mass is 16.6. The van der Waals surface area contributed by atoms with Crippen molar-refractivity contribution in [2.45, 2.75) is 6.61 Å². The van der Waals surface area contributed by atoms with E-state index < -0.39 is 22.3 Å². The average molecular weight is 353 g/mol. The van der Waals surface area contributed by atoms with Gasteiger partial charge in [0.05, 0.1) is 18.1 Å². The number of phenols is 1. The highest BCUT2D eigenvalue weighted by Crippen LogP contribution is 2.35. The largest absolute Gasteiger partial charge is 0.507 e. The van der Waals surface area contributed by atoms with E-state index >= 15 is 0 Å². The molecule has 26 heavy (non-hydrogen) atoms. The summed E-state index contributed by atoms with van der Waals surface area (Å²) in [4.78, 5) is 22.2. The SMILES string of the molecule is COC(=O)c1cc(OCc2ccc3ccccc3c2)c([N+](=O)[O-])cc1O. The van der Waals surface area contributed by atoms with E-state index in [2.05, 4.69) is 4.74 Å². The van der Waals surface area contributed by atoms with Crippen LogP contribution in [0.15, 0.2) is 54.6 Å². The van der Waals surface area contributed by atoms with Crippen molar-refractivity contribution >= 4 is 22.4 Å². The Hall–Kier alpha value is -3.61. The van der Waals surface area contributed by atoms with Crippen LogP contribution in [0.1, 0.15) is 15.9 Å². The number of aromatic hydroxyl groups is 1. The number of methoxy groups -OCH3 is 1. The number of hydrogen-bond acceptors (Lipinski definition) is 6. The van der Waals surface area contributed by atoms with E-state index in [1.54, 1.807) is 0 Å². The van der Waals surface area contributed by atoms with Gasteiger partial charge in [-0.3, -0.25) is 10.1 Å². The summed E-state index contributed by atoms with van der Waals surface area (Å²) >= 11 is 0. The molecule has 0 radical (unpaired) electrons. The molecule has 3 rings (SSSR count). The number of benzene rings is 3. The predicted octanol–water partition coefficient (Wildman–Crippen LogP) is 3.82. The molecule has 0 aliphatic heterocycles. The van der Waals surface area contributed by atoms with Crippen molar-refractivity contribution in [1.29, 1.82) is 0 Å². The van der Waals surface area contributed by atoms with Gasteiger partial charge in [-0.2, -0.15) is 0 Å². The highest BCUT2D eigenvalue weighted by molar-refractivity contribution is 5.93. The van der Waals surface area contributed by atoms with E-state index in [1.165, 1.54) is 0 Å². The van der Waals surface area contributed by atoms with Crippen LogP contribution >= 0.6 is 0 Å². The summed E-state index contributed by atoms with van der Waals surface area (Å²) in [6.07, 6.45) is 0. The Morgan fingerprint density at radius 3 is 2.54 bits per heavy atom. The zero-order valence-electron chi connectivity index (χ0n) is 13.8. The number of fused-ring (bicyclic) bond motifs is 1. The normalized spacial score (nSPS) is 10.5. The maximum Gasteiger partial charge on any atom is 0.341 e. The second-order valence-electron chi connectivity index (χ2n) is 5.56. The first-order valence-electron chi connectivity index (χ1n) is 7.70. The number of nitro benzene ring substituents is 1. The van der Waals surface area contributed by atoms with Gasteiger partial charge in [-0.15, -0.1) is 0 Å². The monoisotopic (exact) mass is 353 g/mol. The van der Waals surface area contributed by atoms with Crippen LogP contribution < -0.4 is 4.74 Å². The molecule has 0 aliphatic rings. The molecule has 0 amide bonds. The lowest BCUT2D eigenvalue weighted by atomic mass is 10.1. The second kappa shape index (κ2) is 7.10. The first-order valence-corrected chi connectivity index (χ1v) is 7.70.